The van der Waals surface area contributed by atoms with Crippen LogP contribution in [0.2, 0.25) is 0 Å². The van der Waals surface area contributed by atoms with E-state index in [9.17, 15) is 0 Å². The van der Waals surface area contributed by atoms with Crippen LogP contribution in [0.3, 0.4) is 0 Å². The Hall–Kier alpha value is -1.59. The topological polar surface area (TPSA) is 67.1 Å². The Labute approximate surface area is 151 Å². The Bertz CT molecular complexity index is 583. The van der Waals surface area contributed by atoms with Gasteiger partial charge in [0.25, 0.3) is 0 Å². The number of rotatable bonds is 6. The SMILES string of the molecule is CN=C(NCc1nnc2n1CCCC2)NCC1(CC(C)C)CCCC1. The molecule has 1 aliphatic heterocycles. The third-order valence-corrected chi connectivity index (χ3v) is 5.71. The van der Waals surface area contributed by atoms with E-state index < -0.39 is 0 Å². The van der Waals surface area contributed by atoms with Gasteiger partial charge in [0.15, 0.2) is 11.8 Å². The van der Waals surface area contributed by atoms with Crippen molar-refractivity contribution in [1.29, 1.82) is 0 Å². The fourth-order valence-electron chi connectivity index (χ4n) is 4.60. The number of nitrogens with one attached hydrogen (secondary N) is 2. The third kappa shape index (κ3) is 4.53. The average molecular weight is 347 g/mol. The molecule has 6 heteroatoms. The Morgan fingerprint density at radius 3 is 2.68 bits per heavy atom. The standard InChI is InChI=1S/C19H34N6/c1-15(2)12-19(9-5-6-10-19)14-22-18(20-3)21-13-17-24-23-16-8-4-7-11-25(16)17/h15H,4-14H2,1-3H3,(H2,20,21,22). The summed E-state index contributed by atoms with van der Waals surface area (Å²) in [6.45, 7) is 7.42. The van der Waals surface area contributed by atoms with Crippen molar-refractivity contribution in [3.63, 3.8) is 0 Å². The molecule has 1 aromatic heterocycles. The fourth-order valence-corrected chi connectivity index (χ4v) is 4.60. The number of nitrogens with zero attached hydrogens (tertiary/aromatic N) is 4. The van der Waals surface area contributed by atoms with E-state index in [4.69, 9.17) is 0 Å². The summed E-state index contributed by atoms with van der Waals surface area (Å²) in [5.41, 5.74) is 0.444. The number of hydrogen-bond donors (Lipinski definition) is 2. The van der Waals surface area contributed by atoms with Gasteiger partial charge in [-0.25, -0.2) is 0 Å². The smallest absolute Gasteiger partial charge is 0.191 e. The van der Waals surface area contributed by atoms with Gasteiger partial charge in [0.2, 0.25) is 0 Å². The summed E-state index contributed by atoms with van der Waals surface area (Å²) in [7, 11) is 1.85. The molecule has 2 aliphatic rings. The predicted octanol–water partition coefficient (Wildman–Crippen LogP) is 2.89. The van der Waals surface area contributed by atoms with Crippen molar-refractivity contribution in [3.05, 3.63) is 11.6 Å². The number of aliphatic imine (C=N–C) groups is 1. The van der Waals surface area contributed by atoms with Gasteiger partial charge in [-0.1, -0.05) is 26.7 Å². The maximum Gasteiger partial charge on any atom is 0.191 e. The van der Waals surface area contributed by atoms with Crippen LogP contribution < -0.4 is 10.6 Å². The van der Waals surface area contributed by atoms with Crippen molar-refractivity contribution in [2.75, 3.05) is 13.6 Å². The van der Waals surface area contributed by atoms with E-state index in [1.807, 2.05) is 7.05 Å². The van der Waals surface area contributed by atoms with Crippen LogP contribution in [0.15, 0.2) is 4.99 Å². The second-order valence-electron chi connectivity index (χ2n) is 8.23. The molecule has 1 aliphatic carbocycles. The zero-order valence-corrected chi connectivity index (χ0v) is 16.1. The van der Waals surface area contributed by atoms with E-state index in [1.54, 1.807) is 0 Å². The van der Waals surface area contributed by atoms with Crippen molar-refractivity contribution >= 4 is 5.96 Å². The van der Waals surface area contributed by atoms with Crippen LogP contribution in [0.1, 0.15) is 70.4 Å². The Balaban J connectivity index is 1.54. The van der Waals surface area contributed by atoms with Gasteiger partial charge in [-0.05, 0) is 43.4 Å². The van der Waals surface area contributed by atoms with Gasteiger partial charge in [-0.3, -0.25) is 4.99 Å². The molecule has 2 heterocycles. The first kappa shape index (κ1) is 18.2. The van der Waals surface area contributed by atoms with E-state index >= 15 is 0 Å². The molecule has 0 aromatic carbocycles. The van der Waals surface area contributed by atoms with Gasteiger partial charge < -0.3 is 15.2 Å². The van der Waals surface area contributed by atoms with Crippen LogP contribution in [0.25, 0.3) is 0 Å². The fraction of sp³-hybridized carbons (Fsp3) is 0.842. The summed E-state index contributed by atoms with van der Waals surface area (Å²) in [4.78, 5) is 4.41. The second-order valence-corrected chi connectivity index (χ2v) is 8.23. The van der Waals surface area contributed by atoms with Crippen LogP contribution >= 0.6 is 0 Å². The van der Waals surface area contributed by atoms with Gasteiger partial charge in [0.1, 0.15) is 5.82 Å². The highest BCUT2D eigenvalue weighted by atomic mass is 15.3. The summed E-state index contributed by atoms with van der Waals surface area (Å²) < 4.78 is 2.26. The first-order chi connectivity index (χ1) is 12.1. The Morgan fingerprint density at radius 2 is 1.96 bits per heavy atom. The lowest BCUT2D eigenvalue weighted by Crippen LogP contribution is -2.43. The van der Waals surface area contributed by atoms with Crippen molar-refractivity contribution < 1.29 is 0 Å². The Kier molecular flexibility index (Phi) is 5.97. The lowest BCUT2D eigenvalue weighted by atomic mass is 9.78. The first-order valence-corrected chi connectivity index (χ1v) is 9.97. The molecule has 3 rings (SSSR count). The minimum Gasteiger partial charge on any atom is -0.356 e. The summed E-state index contributed by atoms with van der Waals surface area (Å²) in [5, 5.41) is 15.7. The zero-order valence-electron chi connectivity index (χ0n) is 16.1. The van der Waals surface area contributed by atoms with E-state index in [-0.39, 0.29) is 0 Å². The number of fused-ring (bicyclic) bond motifs is 1. The summed E-state index contributed by atoms with van der Waals surface area (Å²) in [5.74, 6) is 3.78. The molecule has 0 saturated heterocycles. The van der Waals surface area contributed by atoms with Crippen molar-refractivity contribution in [1.82, 2.24) is 25.4 Å². The molecule has 0 unspecified atom stereocenters. The molecular weight excluding hydrogens is 312 g/mol. The quantitative estimate of drug-likeness (QED) is 0.614. The van der Waals surface area contributed by atoms with E-state index in [0.29, 0.717) is 12.0 Å². The van der Waals surface area contributed by atoms with Crippen LogP contribution in [-0.2, 0) is 19.5 Å². The molecule has 6 nitrogen and oxygen atoms in total. The molecular formula is C19H34N6. The van der Waals surface area contributed by atoms with E-state index in [0.717, 1.165) is 43.0 Å². The molecule has 25 heavy (non-hydrogen) atoms. The van der Waals surface area contributed by atoms with Gasteiger partial charge in [0, 0.05) is 26.6 Å². The van der Waals surface area contributed by atoms with Crippen molar-refractivity contribution in [2.45, 2.75) is 78.3 Å². The van der Waals surface area contributed by atoms with Gasteiger partial charge in [-0.2, -0.15) is 0 Å². The van der Waals surface area contributed by atoms with Gasteiger partial charge in [-0.15, -0.1) is 10.2 Å². The minimum absolute atomic E-state index is 0.444. The number of aryl methyl sites for hydroxylation is 1. The number of aromatic nitrogens is 3. The molecule has 1 aromatic rings. The Morgan fingerprint density at radius 1 is 1.16 bits per heavy atom. The average Bonchev–Trinajstić information content (AvgIpc) is 3.22. The van der Waals surface area contributed by atoms with Gasteiger partial charge >= 0.3 is 0 Å². The van der Waals surface area contributed by atoms with Crippen LogP contribution in [0, 0.1) is 11.3 Å². The molecule has 0 amide bonds. The minimum atomic E-state index is 0.444. The normalized spacial score (nSPS) is 19.9. The lowest BCUT2D eigenvalue weighted by Gasteiger charge is -2.31. The summed E-state index contributed by atoms with van der Waals surface area (Å²) in [6.07, 6.45) is 10.2. The van der Waals surface area contributed by atoms with Crippen LogP contribution in [-0.4, -0.2) is 34.3 Å². The van der Waals surface area contributed by atoms with Gasteiger partial charge in [0.05, 0.1) is 6.54 Å². The highest BCUT2D eigenvalue weighted by molar-refractivity contribution is 5.79. The highest BCUT2D eigenvalue weighted by Crippen LogP contribution is 2.42. The second kappa shape index (κ2) is 8.19. The third-order valence-electron chi connectivity index (χ3n) is 5.71. The summed E-state index contributed by atoms with van der Waals surface area (Å²) >= 11 is 0. The maximum absolute atomic E-state index is 4.41. The maximum atomic E-state index is 4.41. The lowest BCUT2D eigenvalue weighted by molar-refractivity contribution is 0.234. The van der Waals surface area contributed by atoms with E-state index in [2.05, 4.69) is 44.2 Å². The zero-order chi connectivity index (χ0) is 17.7. The molecule has 2 N–H and O–H groups in total. The number of guanidine groups is 1. The number of hydrogen-bond acceptors (Lipinski definition) is 3. The summed E-state index contributed by atoms with van der Waals surface area (Å²) in [6, 6.07) is 0. The van der Waals surface area contributed by atoms with Crippen molar-refractivity contribution in [2.24, 2.45) is 16.3 Å². The largest absolute Gasteiger partial charge is 0.356 e. The molecule has 0 atom stereocenters. The molecule has 0 radical (unpaired) electrons. The monoisotopic (exact) mass is 346 g/mol. The molecule has 1 fully saturated rings. The molecule has 0 bridgehead atoms. The molecule has 1 saturated carbocycles. The molecule has 140 valence electrons. The first-order valence-electron chi connectivity index (χ1n) is 9.97. The molecule has 0 spiro atoms. The van der Waals surface area contributed by atoms with Crippen LogP contribution in [0.5, 0.6) is 0 Å². The predicted molar refractivity (Wildman–Crippen MR) is 102 cm³/mol. The van der Waals surface area contributed by atoms with E-state index in [1.165, 1.54) is 44.9 Å². The highest BCUT2D eigenvalue weighted by Gasteiger charge is 2.34. The van der Waals surface area contributed by atoms with Crippen molar-refractivity contribution in [3.8, 4) is 0 Å². The van der Waals surface area contributed by atoms with Crippen LogP contribution in [0.4, 0.5) is 0 Å².